The molecule has 0 bridgehead atoms. The topological polar surface area (TPSA) is 30.7 Å². The highest BCUT2D eigenvalue weighted by molar-refractivity contribution is 6.33. The van der Waals surface area contributed by atoms with Crippen molar-refractivity contribution in [3.63, 3.8) is 0 Å². The molecule has 2 aromatic rings. The molecule has 1 aromatic carbocycles. The van der Waals surface area contributed by atoms with Crippen LogP contribution >= 0.6 is 11.6 Å². The number of hydrogen-bond acceptors (Lipinski definition) is 2. The van der Waals surface area contributed by atoms with Crippen LogP contribution in [0.2, 0.25) is 5.02 Å². The summed E-state index contributed by atoms with van der Waals surface area (Å²) in [7, 11) is 1.93. The van der Waals surface area contributed by atoms with Gasteiger partial charge in [0.25, 0.3) is 0 Å². The summed E-state index contributed by atoms with van der Waals surface area (Å²) in [6, 6.07) is 7.61. The van der Waals surface area contributed by atoms with Crippen LogP contribution in [0.4, 0.5) is 0 Å². The van der Waals surface area contributed by atoms with Crippen LogP contribution in [0.3, 0.4) is 0 Å². The van der Waals surface area contributed by atoms with E-state index in [-0.39, 0.29) is 5.92 Å². The van der Waals surface area contributed by atoms with Crippen LogP contribution in [-0.2, 0) is 7.05 Å². The van der Waals surface area contributed by atoms with Crippen LogP contribution in [0.15, 0.2) is 24.3 Å². The van der Waals surface area contributed by atoms with Gasteiger partial charge in [-0.1, -0.05) is 30.7 Å². The summed E-state index contributed by atoms with van der Waals surface area (Å²) in [6.07, 6.45) is 0. The second-order valence-corrected chi connectivity index (χ2v) is 4.23. The molecular weight excluding hydrogens is 222 g/mol. The normalized spacial score (nSPS) is 11.1. The number of benzene rings is 1. The van der Waals surface area contributed by atoms with Crippen LogP contribution in [0.1, 0.15) is 18.7 Å². The maximum absolute atomic E-state index is 6.12. The first kappa shape index (κ1) is 11.1. The fourth-order valence-electron chi connectivity index (χ4n) is 1.65. The molecule has 0 amide bonds. The molecule has 3 nitrogen and oxygen atoms in total. The van der Waals surface area contributed by atoms with Crippen molar-refractivity contribution < 1.29 is 0 Å². The Morgan fingerprint density at radius 3 is 2.56 bits per heavy atom. The zero-order valence-corrected chi connectivity index (χ0v) is 10.1. The minimum Gasteiger partial charge on any atom is -0.314 e. The van der Waals surface area contributed by atoms with E-state index in [9.17, 15) is 0 Å². The van der Waals surface area contributed by atoms with E-state index < -0.39 is 0 Å². The molecule has 1 atom stereocenters. The van der Waals surface area contributed by atoms with Crippen molar-refractivity contribution in [3.05, 3.63) is 42.0 Å². The van der Waals surface area contributed by atoms with Crippen LogP contribution in [-0.4, -0.2) is 14.8 Å². The van der Waals surface area contributed by atoms with Crippen LogP contribution in [0.5, 0.6) is 0 Å². The Morgan fingerprint density at radius 1 is 1.31 bits per heavy atom. The molecule has 1 radical (unpaired) electrons. The van der Waals surface area contributed by atoms with E-state index in [1.807, 2.05) is 42.8 Å². The molecule has 0 aliphatic carbocycles. The second-order valence-electron chi connectivity index (χ2n) is 3.82. The minimum absolute atomic E-state index is 0.105. The molecule has 1 unspecified atom stereocenters. The molecule has 2 rings (SSSR count). The Balaban J connectivity index is 2.54. The van der Waals surface area contributed by atoms with E-state index in [0.29, 0.717) is 5.02 Å². The lowest BCUT2D eigenvalue weighted by Gasteiger charge is -2.06. The lowest BCUT2D eigenvalue weighted by Crippen LogP contribution is -2.01. The average Bonchev–Trinajstić information content (AvgIpc) is 2.61. The minimum atomic E-state index is 0.105. The maximum atomic E-state index is 6.12. The molecule has 1 heterocycles. The third-order valence-electron chi connectivity index (χ3n) is 2.46. The van der Waals surface area contributed by atoms with E-state index >= 15 is 0 Å². The zero-order chi connectivity index (χ0) is 11.7. The summed E-state index contributed by atoms with van der Waals surface area (Å²) in [4.78, 5) is 0. The Morgan fingerprint density at radius 2 is 2.00 bits per heavy atom. The highest BCUT2D eigenvalue weighted by Crippen LogP contribution is 2.27. The number of aromatic nitrogens is 3. The molecule has 0 spiro atoms. The highest BCUT2D eigenvalue weighted by atomic mass is 35.5. The Labute approximate surface area is 100 Å². The molecule has 83 valence electrons. The standard InChI is InChI=1S/C12H13ClN3/c1-8(2)11-14-15-12(16(11)3)9-6-4-5-7-10(9)13/h4-8H,1H2,2-3H3. The molecule has 0 fully saturated rings. The predicted octanol–water partition coefficient (Wildman–Crippen LogP) is 3.07. The summed E-state index contributed by atoms with van der Waals surface area (Å²) in [5, 5.41) is 8.96. The summed E-state index contributed by atoms with van der Waals surface area (Å²) >= 11 is 6.12. The Hall–Kier alpha value is -1.35. The lowest BCUT2D eigenvalue weighted by atomic mass is 10.2. The maximum Gasteiger partial charge on any atom is 0.165 e. The molecule has 0 aliphatic rings. The van der Waals surface area contributed by atoms with Crippen LogP contribution < -0.4 is 0 Å². The van der Waals surface area contributed by atoms with Gasteiger partial charge >= 0.3 is 0 Å². The van der Waals surface area contributed by atoms with Crippen molar-refractivity contribution in [3.8, 4) is 11.4 Å². The fourth-order valence-corrected chi connectivity index (χ4v) is 1.87. The van der Waals surface area contributed by atoms with Crippen LogP contribution in [0, 0.1) is 6.92 Å². The largest absolute Gasteiger partial charge is 0.314 e. The monoisotopic (exact) mass is 234 g/mol. The van der Waals surface area contributed by atoms with Gasteiger partial charge in [-0.2, -0.15) is 0 Å². The van der Waals surface area contributed by atoms with Gasteiger partial charge in [0.05, 0.1) is 5.02 Å². The summed E-state index contributed by atoms with van der Waals surface area (Å²) in [6.45, 7) is 5.93. The third kappa shape index (κ3) is 1.83. The zero-order valence-electron chi connectivity index (χ0n) is 9.31. The predicted molar refractivity (Wildman–Crippen MR) is 65.2 cm³/mol. The van der Waals surface area contributed by atoms with E-state index in [1.165, 1.54) is 0 Å². The van der Waals surface area contributed by atoms with Gasteiger partial charge in [0.15, 0.2) is 5.82 Å². The molecule has 0 saturated carbocycles. The fraction of sp³-hybridized carbons (Fsp3) is 0.250. The first-order valence-electron chi connectivity index (χ1n) is 5.08. The lowest BCUT2D eigenvalue weighted by molar-refractivity contribution is 0.754. The first-order chi connectivity index (χ1) is 7.61. The molecule has 0 aliphatic heterocycles. The molecule has 4 heteroatoms. The summed E-state index contributed by atoms with van der Waals surface area (Å²) < 4.78 is 1.93. The average molecular weight is 235 g/mol. The van der Waals surface area contributed by atoms with Gasteiger partial charge in [-0.05, 0) is 19.1 Å². The molecule has 16 heavy (non-hydrogen) atoms. The Bertz CT molecular complexity index is 503. The molecule has 1 aromatic heterocycles. The quantitative estimate of drug-likeness (QED) is 0.800. The van der Waals surface area contributed by atoms with Crippen molar-refractivity contribution in [2.75, 3.05) is 0 Å². The number of nitrogens with zero attached hydrogens (tertiary/aromatic N) is 3. The van der Waals surface area contributed by atoms with Gasteiger partial charge in [0, 0.05) is 18.5 Å². The second kappa shape index (κ2) is 4.26. The van der Waals surface area contributed by atoms with Gasteiger partial charge in [-0.3, -0.25) is 0 Å². The van der Waals surface area contributed by atoms with Gasteiger partial charge < -0.3 is 4.57 Å². The van der Waals surface area contributed by atoms with Gasteiger partial charge in [-0.25, -0.2) is 0 Å². The van der Waals surface area contributed by atoms with E-state index in [4.69, 9.17) is 11.6 Å². The van der Waals surface area contributed by atoms with Crippen LogP contribution in [0.25, 0.3) is 11.4 Å². The SMILES string of the molecule is [CH2]C(C)c1nnc(-c2ccccc2Cl)n1C. The molecule has 0 saturated heterocycles. The summed E-state index contributed by atoms with van der Waals surface area (Å²) in [5.74, 6) is 1.74. The molecule has 0 N–H and O–H groups in total. The number of hydrogen-bond donors (Lipinski definition) is 0. The third-order valence-corrected chi connectivity index (χ3v) is 2.79. The van der Waals surface area contributed by atoms with Gasteiger partial charge in [0.1, 0.15) is 5.82 Å². The molecular formula is C12H13ClN3. The number of halogens is 1. The summed E-state index contributed by atoms with van der Waals surface area (Å²) in [5.41, 5.74) is 0.895. The van der Waals surface area contributed by atoms with Crippen molar-refractivity contribution in [1.29, 1.82) is 0 Å². The number of rotatable bonds is 2. The smallest absolute Gasteiger partial charge is 0.165 e. The van der Waals surface area contributed by atoms with Gasteiger partial charge in [-0.15, -0.1) is 10.2 Å². The van der Waals surface area contributed by atoms with Crippen molar-refractivity contribution in [2.24, 2.45) is 7.05 Å². The highest BCUT2D eigenvalue weighted by Gasteiger charge is 2.14. The van der Waals surface area contributed by atoms with Gasteiger partial charge in [0.2, 0.25) is 0 Å². The van der Waals surface area contributed by atoms with Crippen molar-refractivity contribution in [1.82, 2.24) is 14.8 Å². The van der Waals surface area contributed by atoms with Crippen molar-refractivity contribution >= 4 is 11.6 Å². The van der Waals surface area contributed by atoms with E-state index in [1.54, 1.807) is 0 Å². The van der Waals surface area contributed by atoms with E-state index in [0.717, 1.165) is 17.2 Å². The first-order valence-corrected chi connectivity index (χ1v) is 5.46. The van der Waals surface area contributed by atoms with Crippen molar-refractivity contribution in [2.45, 2.75) is 12.8 Å². The Kier molecular flexibility index (Phi) is 2.97. The van der Waals surface area contributed by atoms with E-state index in [2.05, 4.69) is 17.1 Å².